The molecule has 2 aliphatic carbocycles. The van der Waals surface area contributed by atoms with E-state index in [9.17, 15) is 9.59 Å². The second kappa shape index (κ2) is 4.85. The van der Waals surface area contributed by atoms with Crippen LogP contribution in [-0.4, -0.2) is 23.0 Å². The molecule has 16 heavy (non-hydrogen) atoms. The third-order valence-electron chi connectivity index (χ3n) is 3.81. The van der Waals surface area contributed by atoms with Gasteiger partial charge in [0.1, 0.15) is 0 Å². The second-order valence-corrected chi connectivity index (χ2v) is 5.05. The van der Waals surface area contributed by atoms with Crippen LogP contribution in [0.5, 0.6) is 0 Å². The first-order chi connectivity index (χ1) is 7.66. The highest BCUT2D eigenvalue weighted by Gasteiger charge is 2.36. The van der Waals surface area contributed by atoms with Crippen LogP contribution in [0.25, 0.3) is 0 Å². The lowest BCUT2D eigenvalue weighted by molar-refractivity contribution is -0.146. The number of carboxylic acid groups (broad SMARTS) is 1. The maximum atomic E-state index is 11.8. The Morgan fingerprint density at radius 2 is 1.62 bits per heavy atom. The summed E-state index contributed by atoms with van der Waals surface area (Å²) in [6.45, 7) is 0. The second-order valence-electron chi connectivity index (χ2n) is 5.05. The Kier molecular flexibility index (Phi) is 3.46. The van der Waals surface area contributed by atoms with Gasteiger partial charge in [0.05, 0.1) is 5.92 Å². The molecule has 2 N–H and O–H groups in total. The molecule has 0 radical (unpaired) electrons. The third-order valence-corrected chi connectivity index (χ3v) is 3.81. The lowest BCUT2D eigenvalue weighted by atomic mass is 9.79. The fourth-order valence-electron chi connectivity index (χ4n) is 2.62. The molecule has 2 aliphatic rings. The molecule has 0 bridgehead atoms. The highest BCUT2D eigenvalue weighted by atomic mass is 16.4. The number of carbonyl (C=O) groups is 2. The molecule has 2 rings (SSSR count). The van der Waals surface area contributed by atoms with Crippen LogP contribution in [-0.2, 0) is 9.59 Å². The smallest absolute Gasteiger partial charge is 0.306 e. The maximum Gasteiger partial charge on any atom is 0.306 e. The number of hydrogen-bond donors (Lipinski definition) is 2. The summed E-state index contributed by atoms with van der Waals surface area (Å²) in [4.78, 5) is 22.4. The lowest BCUT2D eigenvalue weighted by Crippen LogP contribution is -2.48. The minimum atomic E-state index is -0.733. The molecule has 0 saturated heterocycles. The van der Waals surface area contributed by atoms with Gasteiger partial charge in [0, 0.05) is 12.0 Å². The summed E-state index contributed by atoms with van der Waals surface area (Å²) in [6, 6.07) is 0.107. The van der Waals surface area contributed by atoms with E-state index in [0.29, 0.717) is 12.8 Å². The minimum Gasteiger partial charge on any atom is -0.481 e. The molecule has 0 aliphatic heterocycles. The number of amides is 1. The van der Waals surface area contributed by atoms with Crippen LogP contribution in [0, 0.1) is 11.8 Å². The molecule has 0 unspecified atom stereocenters. The average Bonchev–Trinajstić information content (AvgIpc) is 2.23. The number of aliphatic carboxylic acids is 1. The van der Waals surface area contributed by atoms with Crippen molar-refractivity contribution in [2.75, 3.05) is 0 Å². The fraction of sp³-hybridized carbons (Fsp3) is 0.833. The van der Waals surface area contributed by atoms with Gasteiger partial charge in [0.25, 0.3) is 0 Å². The van der Waals surface area contributed by atoms with Gasteiger partial charge in [-0.3, -0.25) is 9.59 Å². The van der Waals surface area contributed by atoms with E-state index in [1.807, 2.05) is 0 Å². The topological polar surface area (TPSA) is 66.4 Å². The number of rotatable bonds is 3. The molecule has 2 saturated carbocycles. The lowest BCUT2D eigenvalue weighted by Gasteiger charge is -2.34. The molecular formula is C12H19NO3. The van der Waals surface area contributed by atoms with E-state index in [0.717, 1.165) is 25.7 Å². The Morgan fingerprint density at radius 3 is 2.19 bits per heavy atom. The maximum absolute atomic E-state index is 11.8. The van der Waals surface area contributed by atoms with Crippen molar-refractivity contribution in [1.82, 2.24) is 5.32 Å². The van der Waals surface area contributed by atoms with Crippen LogP contribution >= 0.6 is 0 Å². The molecule has 4 heteroatoms. The van der Waals surface area contributed by atoms with Crippen molar-refractivity contribution in [2.24, 2.45) is 11.8 Å². The Labute approximate surface area is 95.4 Å². The monoisotopic (exact) mass is 225 g/mol. The normalized spacial score (nSPS) is 30.5. The van der Waals surface area contributed by atoms with Gasteiger partial charge in [0.15, 0.2) is 0 Å². The van der Waals surface area contributed by atoms with Gasteiger partial charge < -0.3 is 10.4 Å². The number of hydrogen-bond acceptors (Lipinski definition) is 2. The van der Waals surface area contributed by atoms with Crippen LogP contribution in [0.4, 0.5) is 0 Å². The molecule has 90 valence electrons. The SMILES string of the molecule is O=C(O)C1CC(NC(=O)C2CCCCC2)C1. The van der Waals surface area contributed by atoms with Crippen LogP contribution < -0.4 is 5.32 Å². The summed E-state index contributed by atoms with van der Waals surface area (Å²) in [7, 11) is 0. The number of nitrogens with one attached hydrogen (secondary N) is 1. The predicted octanol–water partition coefficient (Wildman–Crippen LogP) is 1.55. The fourth-order valence-corrected chi connectivity index (χ4v) is 2.62. The molecule has 0 aromatic rings. The third kappa shape index (κ3) is 2.54. The zero-order valence-corrected chi connectivity index (χ0v) is 9.45. The first kappa shape index (κ1) is 11.4. The molecule has 0 spiro atoms. The van der Waals surface area contributed by atoms with Crippen LogP contribution in [0.15, 0.2) is 0 Å². The Morgan fingerprint density at radius 1 is 1.00 bits per heavy atom. The highest BCUT2D eigenvalue weighted by molar-refractivity contribution is 5.79. The Bertz CT molecular complexity index is 278. The van der Waals surface area contributed by atoms with Crippen molar-refractivity contribution in [2.45, 2.75) is 51.0 Å². The quantitative estimate of drug-likeness (QED) is 0.765. The Hall–Kier alpha value is -1.06. The van der Waals surface area contributed by atoms with E-state index in [-0.39, 0.29) is 23.8 Å². The zero-order chi connectivity index (χ0) is 11.5. The average molecular weight is 225 g/mol. The summed E-state index contributed by atoms with van der Waals surface area (Å²) in [5.74, 6) is -0.647. The van der Waals surface area contributed by atoms with E-state index in [2.05, 4.69) is 5.32 Å². The first-order valence-electron chi connectivity index (χ1n) is 6.20. The van der Waals surface area contributed by atoms with Gasteiger partial charge in [0.2, 0.25) is 5.91 Å². The minimum absolute atomic E-state index is 0.107. The largest absolute Gasteiger partial charge is 0.481 e. The molecule has 0 heterocycles. The van der Waals surface area contributed by atoms with Crippen molar-refractivity contribution in [3.63, 3.8) is 0 Å². The van der Waals surface area contributed by atoms with E-state index in [4.69, 9.17) is 5.11 Å². The summed E-state index contributed by atoms with van der Waals surface area (Å²) in [5, 5.41) is 11.7. The number of carbonyl (C=O) groups excluding carboxylic acids is 1. The molecule has 2 fully saturated rings. The van der Waals surface area contributed by atoms with Crippen molar-refractivity contribution in [3.05, 3.63) is 0 Å². The molecule has 0 aromatic heterocycles. The molecule has 4 nitrogen and oxygen atoms in total. The van der Waals surface area contributed by atoms with Crippen molar-refractivity contribution < 1.29 is 14.7 Å². The van der Waals surface area contributed by atoms with Crippen LogP contribution in [0.3, 0.4) is 0 Å². The molecule has 0 atom stereocenters. The van der Waals surface area contributed by atoms with Crippen molar-refractivity contribution in [3.8, 4) is 0 Å². The summed E-state index contributed by atoms with van der Waals surface area (Å²) in [5.41, 5.74) is 0. The van der Waals surface area contributed by atoms with Gasteiger partial charge >= 0.3 is 5.97 Å². The molecule has 1 amide bonds. The zero-order valence-electron chi connectivity index (χ0n) is 9.45. The standard InChI is InChI=1S/C12H19NO3/c14-11(8-4-2-1-3-5-8)13-10-6-9(7-10)12(15)16/h8-10H,1-7H2,(H,13,14)(H,15,16). The van der Waals surface area contributed by atoms with Crippen molar-refractivity contribution >= 4 is 11.9 Å². The predicted molar refractivity (Wildman–Crippen MR) is 58.9 cm³/mol. The van der Waals surface area contributed by atoms with Gasteiger partial charge in [-0.15, -0.1) is 0 Å². The van der Waals surface area contributed by atoms with Gasteiger partial charge in [-0.2, -0.15) is 0 Å². The highest BCUT2D eigenvalue weighted by Crippen LogP contribution is 2.29. The van der Waals surface area contributed by atoms with Gasteiger partial charge in [-0.1, -0.05) is 19.3 Å². The summed E-state index contributed by atoms with van der Waals surface area (Å²) in [6.07, 6.45) is 6.76. The number of carboxylic acids is 1. The first-order valence-corrected chi connectivity index (χ1v) is 6.20. The van der Waals surface area contributed by atoms with Crippen molar-refractivity contribution in [1.29, 1.82) is 0 Å². The van der Waals surface area contributed by atoms with Gasteiger partial charge in [-0.05, 0) is 25.7 Å². The van der Waals surface area contributed by atoms with E-state index in [1.54, 1.807) is 0 Å². The van der Waals surface area contributed by atoms with E-state index in [1.165, 1.54) is 6.42 Å². The molecule has 0 aromatic carbocycles. The van der Waals surface area contributed by atoms with E-state index < -0.39 is 5.97 Å². The van der Waals surface area contributed by atoms with Gasteiger partial charge in [-0.25, -0.2) is 0 Å². The Balaban J connectivity index is 1.70. The summed E-state index contributed by atoms with van der Waals surface area (Å²) < 4.78 is 0. The molecular weight excluding hydrogens is 206 g/mol. The van der Waals surface area contributed by atoms with Crippen LogP contribution in [0.2, 0.25) is 0 Å². The van der Waals surface area contributed by atoms with Crippen LogP contribution in [0.1, 0.15) is 44.9 Å². The summed E-state index contributed by atoms with van der Waals surface area (Å²) >= 11 is 0. The van der Waals surface area contributed by atoms with E-state index >= 15 is 0 Å².